The van der Waals surface area contributed by atoms with E-state index in [2.05, 4.69) is 39.6 Å². The molecule has 0 fully saturated rings. The molecule has 3 heterocycles. The molecular weight excluding hydrogens is 390 g/mol. The number of aryl methyl sites for hydroxylation is 3. The van der Waals surface area contributed by atoms with Crippen LogP contribution < -0.4 is 5.32 Å². The maximum absolute atomic E-state index is 12.8. The third kappa shape index (κ3) is 3.38. The molecule has 4 aromatic rings. The van der Waals surface area contributed by atoms with Gasteiger partial charge in [0.25, 0.3) is 0 Å². The minimum absolute atomic E-state index is 0.0607. The van der Waals surface area contributed by atoms with Gasteiger partial charge in [-0.15, -0.1) is 21.5 Å². The molecular formula is C20H21N5OS2. The van der Waals surface area contributed by atoms with Crippen LogP contribution in [-0.2, 0) is 4.79 Å². The van der Waals surface area contributed by atoms with Gasteiger partial charge in [-0.1, -0.05) is 36.9 Å². The van der Waals surface area contributed by atoms with E-state index in [0.29, 0.717) is 11.6 Å². The van der Waals surface area contributed by atoms with Crippen molar-refractivity contribution in [3.05, 3.63) is 46.5 Å². The molecule has 0 spiro atoms. The van der Waals surface area contributed by atoms with E-state index >= 15 is 0 Å². The number of aromatic nitrogens is 4. The van der Waals surface area contributed by atoms with Gasteiger partial charge in [-0.3, -0.25) is 9.20 Å². The Bertz CT molecular complexity index is 1160. The lowest BCUT2D eigenvalue weighted by Crippen LogP contribution is -2.24. The van der Waals surface area contributed by atoms with Crippen molar-refractivity contribution in [3.8, 4) is 0 Å². The molecule has 6 nitrogen and oxygen atoms in total. The molecule has 0 radical (unpaired) electrons. The summed E-state index contributed by atoms with van der Waals surface area (Å²) < 4.78 is 2.03. The van der Waals surface area contributed by atoms with Crippen LogP contribution in [0, 0.1) is 20.8 Å². The van der Waals surface area contributed by atoms with Crippen molar-refractivity contribution < 1.29 is 4.79 Å². The number of pyridine rings is 1. The second kappa shape index (κ2) is 7.52. The van der Waals surface area contributed by atoms with Gasteiger partial charge in [-0.25, -0.2) is 4.98 Å². The highest BCUT2D eigenvalue weighted by molar-refractivity contribution is 8.00. The number of rotatable bonds is 5. The highest BCUT2D eigenvalue weighted by Crippen LogP contribution is 2.30. The van der Waals surface area contributed by atoms with E-state index in [0.717, 1.165) is 37.8 Å². The van der Waals surface area contributed by atoms with Crippen molar-refractivity contribution in [2.45, 2.75) is 44.5 Å². The fraction of sp³-hybridized carbons (Fsp3) is 0.300. The van der Waals surface area contributed by atoms with Gasteiger partial charge in [0.1, 0.15) is 0 Å². The van der Waals surface area contributed by atoms with E-state index in [1.54, 1.807) is 0 Å². The van der Waals surface area contributed by atoms with Crippen LogP contribution in [0.2, 0.25) is 0 Å². The van der Waals surface area contributed by atoms with Crippen molar-refractivity contribution in [1.82, 2.24) is 19.6 Å². The first-order valence-electron chi connectivity index (χ1n) is 9.13. The Morgan fingerprint density at radius 1 is 1.25 bits per heavy atom. The number of hydrogen-bond donors (Lipinski definition) is 1. The number of para-hydroxylation sites is 1. The Labute approximate surface area is 171 Å². The van der Waals surface area contributed by atoms with Crippen LogP contribution in [-0.4, -0.2) is 30.7 Å². The molecule has 1 aromatic carbocycles. The Morgan fingerprint density at radius 2 is 2.04 bits per heavy atom. The number of hydrogen-bond acceptors (Lipinski definition) is 6. The molecule has 4 rings (SSSR count). The highest BCUT2D eigenvalue weighted by Gasteiger charge is 2.23. The lowest BCUT2D eigenvalue weighted by atomic mass is 10.1. The van der Waals surface area contributed by atoms with Gasteiger partial charge in [0.2, 0.25) is 5.91 Å². The number of benzene rings is 1. The van der Waals surface area contributed by atoms with Crippen LogP contribution in [0.4, 0.5) is 5.13 Å². The van der Waals surface area contributed by atoms with Crippen molar-refractivity contribution in [3.63, 3.8) is 0 Å². The summed E-state index contributed by atoms with van der Waals surface area (Å²) in [5, 5.41) is 13.9. The smallest absolute Gasteiger partial charge is 0.239 e. The minimum Gasteiger partial charge on any atom is -0.301 e. The molecule has 0 aliphatic carbocycles. The lowest BCUT2D eigenvalue weighted by Gasteiger charge is -2.13. The summed E-state index contributed by atoms with van der Waals surface area (Å²) in [5.41, 5.74) is 3.95. The normalized spacial score (nSPS) is 12.6. The van der Waals surface area contributed by atoms with Crippen LogP contribution in [0.1, 0.15) is 29.5 Å². The summed E-state index contributed by atoms with van der Waals surface area (Å²) in [5.74, 6) is -0.0607. The van der Waals surface area contributed by atoms with E-state index in [9.17, 15) is 4.79 Å². The fourth-order valence-corrected chi connectivity index (χ4v) is 4.90. The second-order valence-corrected chi connectivity index (χ2v) is 9.06. The van der Waals surface area contributed by atoms with E-state index in [1.165, 1.54) is 23.1 Å². The number of fused-ring (bicyclic) bond motifs is 3. The molecule has 3 aromatic heterocycles. The first-order valence-corrected chi connectivity index (χ1v) is 10.8. The maximum atomic E-state index is 12.8. The summed E-state index contributed by atoms with van der Waals surface area (Å²) in [6.45, 7) is 8.03. The van der Waals surface area contributed by atoms with Crippen molar-refractivity contribution in [2.75, 3.05) is 5.32 Å². The van der Waals surface area contributed by atoms with Gasteiger partial charge in [0, 0.05) is 10.3 Å². The highest BCUT2D eigenvalue weighted by atomic mass is 32.2. The number of anilines is 1. The number of carbonyl (C=O) groups excluding carboxylic acids is 1. The third-order valence-corrected chi connectivity index (χ3v) is 7.04. The van der Waals surface area contributed by atoms with Crippen LogP contribution in [0.15, 0.2) is 35.5 Å². The molecule has 1 N–H and O–H groups in total. The van der Waals surface area contributed by atoms with E-state index in [-0.39, 0.29) is 11.2 Å². The van der Waals surface area contributed by atoms with E-state index in [4.69, 9.17) is 0 Å². The van der Waals surface area contributed by atoms with Gasteiger partial charge < -0.3 is 5.32 Å². The average Bonchev–Trinajstić information content (AvgIpc) is 3.22. The van der Waals surface area contributed by atoms with Crippen LogP contribution in [0.5, 0.6) is 0 Å². The summed E-state index contributed by atoms with van der Waals surface area (Å²) in [7, 11) is 0. The summed E-state index contributed by atoms with van der Waals surface area (Å²) in [6, 6.07) is 10.2. The molecule has 28 heavy (non-hydrogen) atoms. The summed E-state index contributed by atoms with van der Waals surface area (Å²) in [6.07, 6.45) is 0.679. The Balaban J connectivity index is 1.66. The van der Waals surface area contributed by atoms with Crippen LogP contribution >= 0.6 is 23.1 Å². The topological polar surface area (TPSA) is 72.2 Å². The number of nitrogens with zero attached hydrogens (tertiary/aromatic N) is 4. The third-order valence-electron chi connectivity index (χ3n) is 4.74. The zero-order valence-electron chi connectivity index (χ0n) is 16.2. The van der Waals surface area contributed by atoms with Crippen molar-refractivity contribution >= 4 is 50.7 Å². The second-order valence-electron chi connectivity index (χ2n) is 6.69. The minimum atomic E-state index is -0.281. The van der Waals surface area contributed by atoms with Crippen LogP contribution in [0.3, 0.4) is 0 Å². The Kier molecular flexibility index (Phi) is 5.07. The van der Waals surface area contributed by atoms with Gasteiger partial charge in [-0.05, 0) is 44.9 Å². The molecule has 8 heteroatoms. The van der Waals surface area contributed by atoms with Gasteiger partial charge in [0.05, 0.1) is 16.5 Å². The lowest BCUT2D eigenvalue weighted by molar-refractivity contribution is -0.115. The average molecular weight is 412 g/mol. The van der Waals surface area contributed by atoms with Crippen molar-refractivity contribution in [2.24, 2.45) is 0 Å². The number of nitrogens with one attached hydrogen (secondary N) is 1. The van der Waals surface area contributed by atoms with Crippen molar-refractivity contribution in [1.29, 1.82) is 0 Å². The molecule has 1 atom stereocenters. The standard InChI is InChI=1S/C20H21N5OS2/c1-5-16(18(26)22-19-21-12(3)13(4)27-19)28-20-24-23-17-10-11(2)14-8-6-7-9-15(14)25(17)20/h6-10,16H,5H2,1-4H3,(H,21,22,26). The van der Waals surface area contributed by atoms with Gasteiger partial charge in [-0.2, -0.15) is 0 Å². The predicted molar refractivity (Wildman–Crippen MR) is 115 cm³/mol. The van der Waals surface area contributed by atoms with Crippen LogP contribution in [0.25, 0.3) is 16.6 Å². The monoisotopic (exact) mass is 411 g/mol. The molecule has 0 saturated carbocycles. The zero-order valence-corrected chi connectivity index (χ0v) is 17.8. The molecule has 0 aliphatic heterocycles. The number of amides is 1. The Hall–Kier alpha value is -2.45. The number of carbonyl (C=O) groups is 1. The first kappa shape index (κ1) is 18.9. The zero-order chi connectivity index (χ0) is 19.8. The summed E-state index contributed by atoms with van der Waals surface area (Å²) in [4.78, 5) is 18.3. The predicted octanol–water partition coefficient (Wildman–Crippen LogP) is 4.77. The number of thiazole rings is 1. The Morgan fingerprint density at radius 3 is 2.75 bits per heavy atom. The van der Waals surface area contributed by atoms with Gasteiger partial charge >= 0.3 is 0 Å². The molecule has 1 unspecified atom stereocenters. The maximum Gasteiger partial charge on any atom is 0.239 e. The van der Waals surface area contributed by atoms with Gasteiger partial charge in [0.15, 0.2) is 15.9 Å². The quantitative estimate of drug-likeness (QED) is 0.479. The molecule has 1 amide bonds. The molecule has 0 bridgehead atoms. The molecule has 0 aliphatic rings. The number of thioether (sulfide) groups is 1. The SMILES string of the molecule is CCC(Sc1nnc2cc(C)c3ccccc3n12)C(=O)Nc1nc(C)c(C)s1. The fourth-order valence-electron chi connectivity index (χ4n) is 3.11. The summed E-state index contributed by atoms with van der Waals surface area (Å²) >= 11 is 2.94. The van der Waals surface area contributed by atoms with E-state index in [1.807, 2.05) is 43.4 Å². The van der Waals surface area contributed by atoms with E-state index < -0.39 is 0 Å². The molecule has 0 saturated heterocycles. The first-order chi connectivity index (χ1) is 13.5. The molecule has 144 valence electrons. The largest absolute Gasteiger partial charge is 0.301 e.